The van der Waals surface area contributed by atoms with Gasteiger partial charge in [-0.3, -0.25) is 4.99 Å². The molecule has 0 atom stereocenters. The molecule has 0 bridgehead atoms. The van der Waals surface area contributed by atoms with Crippen molar-refractivity contribution in [2.45, 2.75) is 38.5 Å². The van der Waals surface area contributed by atoms with Crippen LogP contribution in [0.5, 0.6) is 0 Å². The number of aliphatic imine (C=N–C) groups is 1. The second-order valence-corrected chi connectivity index (χ2v) is 4.16. The lowest BCUT2D eigenvalue weighted by Gasteiger charge is -2.10. The van der Waals surface area contributed by atoms with Crippen molar-refractivity contribution in [3.8, 4) is 0 Å². The smallest absolute Gasteiger partial charge is 0.103 e. The third-order valence-electron chi connectivity index (χ3n) is 2.69. The van der Waals surface area contributed by atoms with Crippen molar-refractivity contribution in [2.75, 3.05) is 12.3 Å². The highest BCUT2D eigenvalue weighted by molar-refractivity contribution is 7.81. The molecule has 0 amide bonds. The van der Waals surface area contributed by atoms with Crippen LogP contribution in [0.25, 0.3) is 0 Å². The van der Waals surface area contributed by atoms with E-state index in [1.54, 1.807) is 0 Å². The highest BCUT2D eigenvalue weighted by atomic mass is 35.5. The molecule has 0 heterocycles. The van der Waals surface area contributed by atoms with E-state index in [1.807, 2.05) is 0 Å². The Balaban J connectivity index is 0. The lowest BCUT2D eigenvalue weighted by atomic mass is 10.0. The van der Waals surface area contributed by atoms with Crippen LogP contribution in [0.15, 0.2) is 4.99 Å². The molecule has 92 valence electrons. The topological polar surface area (TPSA) is 69.9 Å². The molecule has 1 aliphatic carbocycles. The number of hydrogen-bond acceptors (Lipinski definition) is 2. The quantitative estimate of drug-likeness (QED) is 0.343. The Morgan fingerprint density at radius 3 is 2.20 bits per heavy atom. The minimum absolute atomic E-state index is 0. The van der Waals surface area contributed by atoms with Gasteiger partial charge < -0.3 is 11.2 Å². The molecule has 4 N–H and O–H groups in total. The van der Waals surface area contributed by atoms with E-state index in [0.717, 1.165) is 12.5 Å². The van der Waals surface area contributed by atoms with Gasteiger partial charge in [-0.25, -0.2) is 0 Å². The van der Waals surface area contributed by atoms with Gasteiger partial charge >= 0.3 is 0 Å². The molecule has 1 fully saturated rings. The molecule has 0 aliphatic heterocycles. The molecule has 0 spiro atoms. The van der Waals surface area contributed by atoms with Gasteiger partial charge in [0, 0.05) is 12.3 Å². The molecule has 0 aromatic heterocycles. The Kier molecular flexibility index (Phi) is 12.3. The molecule has 1 rings (SSSR count). The van der Waals surface area contributed by atoms with Gasteiger partial charge in [0.25, 0.3) is 0 Å². The van der Waals surface area contributed by atoms with Crippen LogP contribution in [0.1, 0.15) is 38.5 Å². The standard InChI is InChI=1S/C10H20N2S.ClH.H2O/c11-10(8-13)12-7-9-5-3-1-2-4-6-9;;/h9,13H,1-8H2,(H2,11,12);1H;1H2. The van der Waals surface area contributed by atoms with Crippen LogP contribution in [0.2, 0.25) is 0 Å². The zero-order chi connectivity index (χ0) is 9.52. The third kappa shape index (κ3) is 7.94. The van der Waals surface area contributed by atoms with Gasteiger partial charge in [-0.15, -0.1) is 12.4 Å². The van der Waals surface area contributed by atoms with Crippen molar-refractivity contribution >= 4 is 30.9 Å². The maximum atomic E-state index is 5.60. The number of thiol groups is 1. The van der Waals surface area contributed by atoms with Crippen LogP contribution in [-0.2, 0) is 0 Å². The van der Waals surface area contributed by atoms with E-state index < -0.39 is 0 Å². The molecule has 1 saturated carbocycles. The Morgan fingerprint density at radius 2 is 1.73 bits per heavy atom. The van der Waals surface area contributed by atoms with E-state index in [2.05, 4.69) is 17.6 Å². The van der Waals surface area contributed by atoms with E-state index in [0.29, 0.717) is 11.6 Å². The first-order valence-corrected chi connectivity index (χ1v) is 5.86. The first kappa shape index (κ1) is 17.5. The summed E-state index contributed by atoms with van der Waals surface area (Å²) >= 11 is 4.08. The van der Waals surface area contributed by atoms with Crippen LogP contribution < -0.4 is 5.73 Å². The minimum atomic E-state index is 0. The highest BCUT2D eigenvalue weighted by Gasteiger charge is 2.11. The first-order valence-electron chi connectivity index (χ1n) is 5.22. The van der Waals surface area contributed by atoms with Gasteiger partial charge in [-0.05, 0) is 18.8 Å². The summed E-state index contributed by atoms with van der Waals surface area (Å²) in [6.45, 7) is 0.923. The molecular formula is C10H23ClN2OS. The van der Waals surface area contributed by atoms with E-state index >= 15 is 0 Å². The zero-order valence-electron chi connectivity index (χ0n) is 9.11. The van der Waals surface area contributed by atoms with Crippen LogP contribution in [-0.4, -0.2) is 23.6 Å². The third-order valence-corrected chi connectivity index (χ3v) is 3.01. The SMILES string of the molecule is Cl.NC(CS)=NCC1CCCCCC1.O. The van der Waals surface area contributed by atoms with Gasteiger partial charge in [-0.2, -0.15) is 12.6 Å². The summed E-state index contributed by atoms with van der Waals surface area (Å²) < 4.78 is 0. The van der Waals surface area contributed by atoms with Crippen LogP contribution in [0.3, 0.4) is 0 Å². The van der Waals surface area contributed by atoms with E-state index in [9.17, 15) is 0 Å². The van der Waals surface area contributed by atoms with Crippen molar-refractivity contribution in [1.29, 1.82) is 0 Å². The Labute approximate surface area is 104 Å². The van der Waals surface area contributed by atoms with E-state index in [1.165, 1.54) is 38.5 Å². The second-order valence-electron chi connectivity index (χ2n) is 3.85. The fourth-order valence-corrected chi connectivity index (χ4v) is 1.94. The van der Waals surface area contributed by atoms with Crippen molar-refractivity contribution in [3.63, 3.8) is 0 Å². The molecule has 0 saturated heterocycles. The summed E-state index contributed by atoms with van der Waals surface area (Å²) in [6, 6.07) is 0. The molecule has 0 aromatic carbocycles. The van der Waals surface area contributed by atoms with E-state index in [4.69, 9.17) is 5.73 Å². The van der Waals surface area contributed by atoms with Crippen molar-refractivity contribution in [2.24, 2.45) is 16.6 Å². The van der Waals surface area contributed by atoms with Gasteiger partial charge in [0.1, 0.15) is 5.84 Å². The Bertz CT molecular complexity index is 171. The van der Waals surface area contributed by atoms with Crippen LogP contribution in [0.4, 0.5) is 0 Å². The first-order chi connectivity index (χ1) is 6.33. The molecule has 0 unspecified atom stereocenters. The van der Waals surface area contributed by atoms with Gasteiger partial charge in [-0.1, -0.05) is 25.7 Å². The van der Waals surface area contributed by atoms with Crippen molar-refractivity contribution in [3.05, 3.63) is 0 Å². The molecule has 1 aliphatic rings. The van der Waals surface area contributed by atoms with Crippen LogP contribution in [0, 0.1) is 5.92 Å². The lowest BCUT2D eigenvalue weighted by Crippen LogP contribution is -2.16. The zero-order valence-corrected chi connectivity index (χ0v) is 10.8. The number of amidine groups is 1. The monoisotopic (exact) mass is 254 g/mol. The number of nitrogens with two attached hydrogens (primary N) is 1. The van der Waals surface area contributed by atoms with Gasteiger partial charge in [0.2, 0.25) is 0 Å². The molecule has 0 aromatic rings. The van der Waals surface area contributed by atoms with E-state index in [-0.39, 0.29) is 17.9 Å². The summed E-state index contributed by atoms with van der Waals surface area (Å²) in [5, 5.41) is 0. The number of halogens is 1. The summed E-state index contributed by atoms with van der Waals surface area (Å²) in [4.78, 5) is 4.33. The molecule has 5 heteroatoms. The molecule has 15 heavy (non-hydrogen) atoms. The largest absolute Gasteiger partial charge is 0.412 e. The summed E-state index contributed by atoms with van der Waals surface area (Å²) in [5.74, 6) is 2.06. The highest BCUT2D eigenvalue weighted by Crippen LogP contribution is 2.22. The fourth-order valence-electron chi connectivity index (χ4n) is 1.84. The maximum Gasteiger partial charge on any atom is 0.103 e. The maximum absolute atomic E-state index is 5.60. The Hall–Kier alpha value is 0.0700. The predicted octanol–water partition coefficient (Wildman–Crippen LogP) is 1.84. The minimum Gasteiger partial charge on any atom is -0.412 e. The number of hydrogen-bond donors (Lipinski definition) is 2. The van der Waals surface area contributed by atoms with Gasteiger partial charge in [0.05, 0.1) is 0 Å². The molecule has 0 radical (unpaired) electrons. The lowest BCUT2D eigenvalue weighted by molar-refractivity contribution is 0.472. The fraction of sp³-hybridized carbons (Fsp3) is 0.900. The molecule has 3 nitrogen and oxygen atoms in total. The summed E-state index contributed by atoms with van der Waals surface area (Å²) in [5.41, 5.74) is 5.60. The van der Waals surface area contributed by atoms with Crippen molar-refractivity contribution in [1.82, 2.24) is 0 Å². The predicted molar refractivity (Wildman–Crippen MR) is 72.4 cm³/mol. The van der Waals surface area contributed by atoms with Crippen molar-refractivity contribution < 1.29 is 5.48 Å². The second kappa shape index (κ2) is 10.6. The number of rotatable bonds is 3. The number of nitrogens with zero attached hydrogens (tertiary/aromatic N) is 1. The van der Waals surface area contributed by atoms with Crippen LogP contribution >= 0.6 is 25.0 Å². The average molecular weight is 255 g/mol. The Morgan fingerprint density at radius 1 is 1.20 bits per heavy atom. The normalized spacial score (nSPS) is 18.6. The molecular weight excluding hydrogens is 232 g/mol. The average Bonchev–Trinajstić information content (AvgIpc) is 2.42. The van der Waals surface area contributed by atoms with Gasteiger partial charge in [0.15, 0.2) is 0 Å². The summed E-state index contributed by atoms with van der Waals surface area (Å²) in [6.07, 6.45) is 8.24. The summed E-state index contributed by atoms with van der Waals surface area (Å²) in [7, 11) is 0.